The highest BCUT2D eigenvalue weighted by molar-refractivity contribution is 5.97. The van der Waals surface area contributed by atoms with Gasteiger partial charge in [-0.3, -0.25) is 9.59 Å². The second kappa shape index (κ2) is 7.69. The van der Waals surface area contributed by atoms with E-state index in [1.807, 2.05) is 19.1 Å². The molecule has 2 amide bonds. The average molecular weight is 377 g/mol. The monoisotopic (exact) mass is 377 g/mol. The summed E-state index contributed by atoms with van der Waals surface area (Å²) in [6.07, 6.45) is 1.52. The van der Waals surface area contributed by atoms with Gasteiger partial charge in [0.1, 0.15) is 11.9 Å². The Morgan fingerprint density at radius 1 is 1.21 bits per heavy atom. The fourth-order valence-electron chi connectivity index (χ4n) is 3.70. The van der Waals surface area contributed by atoms with E-state index in [4.69, 9.17) is 5.26 Å². The third kappa shape index (κ3) is 3.41. The van der Waals surface area contributed by atoms with Crippen LogP contribution in [0.4, 0.5) is 11.5 Å². The predicted molar refractivity (Wildman–Crippen MR) is 107 cm³/mol. The third-order valence-corrected chi connectivity index (χ3v) is 5.34. The molecule has 3 rings (SSSR count). The Bertz CT molecular complexity index is 948. The van der Waals surface area contributed by atoms with Gasteiger partial charge in [0.15, 0.2) is 0 Å². The van der Waals surface area contributed by atoms with Crippen molar-refractivity contribution >= 4 is 23.3 Å². The maximum Gasteiger partial charge on any atom is 0.251 e. The minimum atomic E-state index is -0.182. The van der Waals surface area contributed by atoms with Crippen LogP contribution in [-0.2, 0) is 4.79 Å². The Morgan fingerprint density at radius 3 is 2.54 bits per heavy atom. The van der Waals surface area contributed by atoms with E-state index in [0.29, 0.717) is 16.9 Å². The standard InChI is InChI=1S/C21H23N5O2/c1-12-13(2)26(14(3)27)18-7-6-16(21(28)23-4)9-17(18)20(12)25-19-8-5-15(10-22)11-24-19/h5-9,11-13,20H,1-4H3,(H,23,28)(H,24,25)/t12-,13-,20+/m0/s1. The number of carbonyl (C=O) groups is 2. The molecule has 144 valence electrons. The second-order valence-electron chi connectivity index (χ2n) is 7.01. The molecule has 1 aliphatic rings. The van der Waals surface area contributed by atoms with Crippen LogP contribution in [0.15, 0.2) is 36.5 Å². The lowest BCUT2D eigenvalue weighted by molar-refractivity contribution is -0.117. The molecule has 0 unspecified atom stereocenters. The van der Waals surface area contributed by atoms with Crippen molar-refractivity contribution in [2.45, 2.75) is 32.9 Å². The quantitative estimate of drug-likeness (QED) is 0.857. The van der Waals surface area contributed by atoms with Crippen molar-refractivity contribution in [1.29, 1.82) is 5.26 Å². The maximum atomic E-state index is 12.3. The molecule has 7 nitrogen and oxygen atoms in total. The number of aromatic nitrogens is 1. The lowest BCUT2D eigenvalue weighted by atomic mass is 9.82. The molecule has 28 heavy (non-hydrogen) atoms. The molecule has 0 saturated carbocycles. The first-order valence-corrected chi connectivity index (χ1v) is 9.16. The molecule has 0 bridgehead atoms. The fraction of sp³-hybridized carbons (Fsp3) is 0.333. The summed E-state index contributed by atoms with van der Waals surface area (Å²) in [5, 5.41) is 15.0. The van der Waals surface area contributed by atoms with E-state index in [2.05, 4.69) is 28.6 Å². The number of hydrogen-bond acceptors (Lipinski definition) is 5. The smallest absolute Gasteiger partial charge is 0.251 e. The molecular formula is C21H23N5O2. The van der Waals surface area contributed by atoms with E-state index in [1.54, 1.807) is 37.1 Å². The second-order valence-corrected chi connectivity index (χ2v) is 7.01. The molecule has 2 N–H and O–H groups in total. The van der Waals surface area contributed by atoms with Crippen LogP contribution in [0.3, 0.4) is 0 Å². The van der Waals surface area contributed by atoms with Gasteiger partial charge in [0.2, 0.25) is 5.91 Å². The Hall–Kier alpha value is -3.40. The van der Waals surface area contributed by atoms with Crippen LogP contribution in [0.2, 0.25) is 0 Å². The van der Waals surface area contributed by atoms with E-state index in [-0.39, 0.29) is 29.8 Å². The van der Waals surface area contributed by atoms with Gasteiger partial charge in [0.05, 0.1) is 11.6 Å². The molecule has 0 radical (unpaired) electrons. The van der Waals surface area contributed by atoms with Gasteiger partial charge in [-0.05, 0) is 42.8 Å². The van der Waals surface area contributed by atoms with Gasteiger partial charge in [-0.1, -0.05) is 6.92 Å². The van der Waals surface area contributed by atoms with Crippen molar-refractivity contribution < 1.29 is 9.59 Å². The van der Waals surface area contributed by atoms with Crippen molar-refractivity contribution in [2.24, 2.45) is 5.92 Å². The first-order chi connectivity index (χ1) is 13.4. The van der Waals surface area contributed by atoms with Crippen molar-refractivity contribution in [3.8, 4) is 6.07 Å². The number of pyridine rings is 1. The number of rotatable bonds is 3. The van der Waals surface area contributed by atoms with Gasteiger partial charge in [0, 0.05) is 43.4 Å². The van der Waals surface area contributed by atoms with E-state index >= 15 is 0 Å². The average Bonchev–Trinajstić information content (AvgIpc) is 2.70. The molecule has 1 aliphatic heterocycles. The van der Waals surface area contributed by atoms with Crippen molar-refractivity contribution in [1.82, 2.24) is 10.3 Å². The van der Waals surface area contributed by atoms with Crippen LogP contribution >= 0.6 is 0 Å². The van der Waals surface area contributed by atoms with Gasteiger partial charge in [-0.15, -0.1) is 0 Å². The lowest BCUT2D eigenvalue weighted by Gasteiger charge is -2.44. The Labute approximate surface area is 164 Å². The van der Waals surface area contributed by atoms with Gasteiger partial charge in [-0.25, -0.2) is 4.98 Å². The molecule has 0 saturated heterocycles. The summed E-state index contributed by atoms with van der Waals surface area (Å²) in [6, 6.07) is 10.7. The molecule has 0 fully saturated rings. The Kier molecular flexibility index (Phi) is 5.32. The topological polar surface area (TPSA) is 98.1 Å². The Balaban J connectivity index is 2.08. The number of carbonyl (C=O) groups excluding carboxylic acids is 2. The molecule has 1 aromatic carbocycles. The predicted octanol–water partition coefficient (Wildman–Crippen LogP) is 2.86. The number of hydrogen-bond donors (Lipinski definition) is 2. The van der Waals surface area contributed by atoms with Crippen LogP contribution < -0.4 is 15.5 Å². The zero-order chi connectivity index (χ0) is 20.4. The van der Waals surface area contributed by atoms with E-state index < -0.39 is 0 Å². The van der Waals surface area contributed by atoms with Gasteiger partial charge in [-0.2, -0.15) is 5.26 Å². The molecule has 3 atom stereocenters. The molecule has 1 aromatic heterocycles. The number of anilines is 2. The summed E-state index contributed by atoms with van der Waals surface area (Å²) >= 11 is 0. The first kappa shape index (κ1) is 19.4. The molecule has 2 aromatic rings. The van der Waals surface area contributed by atoms with E-state index in [1.165, 1.54) is 6.20 Å². The van der Waals surface area contributed by atoms with Gasteiger partial charge in [0.25, 0.3) is 5.91 Å². The first-order valence-electron chi connectivity index (χ1n) is 9.16. The van der Waals surface area contributed by atoms with Crippen LogP contribution in [0.1, 0.15) is 48.3 Å². The van der Waals surface area contributed by atoms with Crippen molar-refractivity contribution in [2.75, 3.05) is 17.3 Å². The number of amides is 2. The highest BCUT2D eigenvalue weighted by atomic mass is 16.2. The summed E-state index contributed by atoms with van der Waals surface area (Å²) in [7, 11) is 1.59. The summed E-state index contributed by atoms with van der Waals surface area (Å²) in [5.41, 5.74) is 2.68. The van der Waals surface area contributed by atoms with Crippen LogP contribution in [0.5, 0.6) is 0 Å². The molecule has 0 aliphatic carbocycles. The Morgan fingerprint density at radius 2 is 1.96 bits per heavy atom. The number of benzene rings is 1. The summed E-state index contributed by atoms with van der Waals surface area (Å²) in [5.74, 6) is 0.478. The number of nitrogens with zero attached hydrogens (tertiary/aromatic N) is 3. The largest absolute Gasteiger partial charge is 0.363 e. The fourth-order valence-corrected chi connectivity index (χ4v) is 3.70. The molecule has 0 spiro atoms. The zero-order valence-electron chi connectivity index (χ0n) is 16.4. The zero-order valence-corrected chi connectivity index (χ0v) is 16.4. The lowest BCUT2D eigenvalue weighted by Crippen LogP contribution is -2.48. The van der Waals surface area contributed by atoms with E-state index in [9.17, 15) is 9.59 Å². The highest BCUT2D eigenvalue weighted by Crippen LogP contribution is 2.42. The number of nitrogens with one attached hydrogen (secondary N) is 2. The van der Waals surface area contributed by atoms with Gasteiger partial charge >= 0.3 is 0 Å². The molecule has 7 heteroatoms. The van der Waals surface area contributed by atoms with Crippen molar-refractivity contribution in [3.63, 3.8) is 0 Å². The molecular weight excluding hydrogens is 354 g/mol. The normalized spacial score (nSPS) is 20.7. The van der Waals surface area contributed by atoms with Gasteiger partial charge < -0.3 is 15.5 Å². The number of nitriles is 1. The molecule has 2 heterocycles. The van der Waals surface area contributed by atoms with Crippen molar-refractivity contribution in [3.05, 3.63) is 53.2 Å². The van der Waals surface area contributed by atoms with Crippen LogP contribution in [-0.4, -0.2) is 29.9 Å². The third-order valence-electron chi connectivity index (χ3n) is 5.34. The minimum absolute atomic E-state index is 0.0354. The van der Waals surface area contributed by atoms with Crippen LogP contribution in [0, 0.1) is 17.2 Å². The van der Waals surface area contributed by atoms with Crippen LogP contribution in [0.25, 0.3) is 0 Å². The number of fused-ring (bicyclic) bond motifs is 1. The van der Waals surface area contributed by atoms with E-state index in [0.717, 1.165) is 11.3 Å². The summed E-state index contributed by atoms with van der Waals surface area (Å²) in [6.45, 7) is 5.63. The maximum absolute atomic E-state index is 12.3. The SMILES string of the molecule is CNC(=O)c1ccc2c(c1)[C@H](Nc1ccc(C#N)cn1)[C@@H](C)[C@H](C)N2C(C)=O. The highest BCUT2D eigenvalue weighted by Gasteiger charge is 2.38. The summed E-state index contributed by atoms with van der Waals surface area (Å²) in [4.78, 5) is 30.5. The summed E-state index contributed by atoms with van der Waals surface area (Å²) < 4.78 is 0. The minimum Gasteiger partial charge on any atom is -0.363 e.